The van der Waals surface area contributed by atoms with Gasteiger partial charge in [0.05, 0.1) is 17.4 Å². The summed E-state index contributed by atoms with van der Waals surface area (Å²) in [6.45, 7) is 4.01. The Kier molecular flexibility index (Phi) is 3.31. The first-order valence-corrected chi connectivity index (χ1v) is 6.22. The summed E-state index contributed by atoms with van der Waals surface area (Å²) in [4.78, 5) is 1.17. The molecule has 0 saturated heterocycles. The smallest absolute Gasteiger partial charge is 0.0679 e. The molecule has 2 aromatic rings. The van der Waals surface area contributed by atoms with Crippen LogP contribution in [0.1, 0.15) is 34.8 Å². The fourth-order valence-electron chi connectivity index (χ4n) is 1.70. The predicted octanol–water partition coefficient (Wildman–Crippen LogP) is 2.46. The normalized spacial score (nSPS) is 12.7. The largest absolute Gasteiger partial charge is 0.320 e. The summed E-state index contributed by atoms with van der Waals surface area (Å²) >= 11 is 1.68. The average molecular weight is 233 g/mol. The van der Waals surface area contributed by atoms with Crippen molar-refractivity contribution >= 4 is 11.3 Å². The van der Waals surface area contributed by atoms with Gasteiger partial charge < -0.3 is 5.73 Å². The lowest BCUT2D eigenvalue weighted by atomic mass is 10.0. The number of nitrogens with zero attached hydrogens (tertiary/aromatic N) is 2. The van der Waals surface area contributed by atoms with Crippen LogP contribution in [0.4, 0.5) is 0 Å². The van der Waals surface area contributed by atoms with Crippen molar-refractivity contribution in [3.8, 4) is 0 Å². The van der Waals surface area contributed by atoms with Crippen LogP contribution in [-0.2, 0) is 6.42 Å². The standard InChI is InChI=1S/C12H15N3S/c1-3-10-9(7-8(2)14-15-10)12(13)11-5-4-6-16-11/h4-7,12H,3,13H2,1-2H3. The van der Waals surface area contributed by atoms with Crippen LogP contribution < -0.4 is 5.73 Å². The van der Waals surface area contributed by atoms with Crippen LogP contribution in [0.25, 0.3) is 0 Å². The molecule has 0 spiro atoms. The van der Waals surface area contributed by atoms with Crippen molar-refractivity contribution in [2.75, 3.05) is 0 Å². The molecule has 0 radical (unpaired) electrons. The van der Waals surface area contributed by atoms with E-state index >= 15 is 0 Å². The van der Waals surface area contributed by atoms with Crippen LogP contribution in [0.15, 0.2) is 23.6 Å². The minimum absolute atomic E-state index is 0.0795. The summed E-state index contributed by atoms with van der Waals surface area (Å²) in [7, 11) is 0. The first-order valence-electron chi connectivity index (χ1n) is 5.34. The van der Waals surface area contributed by atoms with E-state index < -0.39 is 0 Å². The maximum Gasteiger partial charge on any atom is 0.0679 e. The molecular formula is C12H15N3S. The van der Waals surface area contributed by atoms with Crippen LogP contribution in [0.2, 0.25) is 0 Å². The molecule has 2 aromatic heterocycles. The summed E-state index contributed by atoms with van der Waals surface area (Å²) in [6.07, 6.45) is 0.863. The van der Waals surface area contributed by atoms with Crippen molar-refractivity contribution < 1.29 is 0 Å². The summed E-state index contributed by atoms with van der Waals surface area (Å²) in [6, 6.07) is 6.04. The lowest BCUT2D eigenvalue weighted by Gasteiger charge is -2.13. The highest BCUT2D eigenvalue weighted by atomic mass is 32.1. The van der Waals surface area contributed by atoms with Crippen LogP contribution in [0, 0.1) is 6.92 Å². The van der Waals surface area contributed by atoms with Crippen molar-refractivity contribution in [2.24, 2.45) is 5.73 Å². The lowest BCUT2D eigenvalue weighted by Crippen LogP contribution is -2.14. The van der Waals surface area contributed by atoms with Crippen LogP contribution in [-0.4, -0.2) is 10.2 Å². The molecular weight excluding hydrogens is 218 g/mol. The van der Waals surface area contributed by atoms with Crippen LogP contribution in [0.5, 0.6) is 0 Å². The van der Waals surface area contributed by atoms with Gasteiger partial charge in [-0.2, -0.15) is 10.2 Å². The zero-order chi connectivity index (χ0) is 11.5. The van der Waals surface area contributed by atoms with Gasteiger partial charge in [0.1, 0.15) is 0 Å². The van der Waals surface area contributed by atoms with Gasteiger partial charge in [-0.15, -0.1) is 11.3 Å². The van der Waals surface area contributed by atoms with E-state index in [4.69, 9.17) is 5.73 Å². The highest BCUT2D eigenvalue weighted by molar-refractivity contribution is 7.10. The number of hydrogen-bond donors (Lipinski definition) is 1. The molecule has 16 heavy (non-hydrogen) atoms. The quantitative estimate of drug-likeness (QED) is 0.886. The minimum atomic E-state index is -0.0795. The van der Waals surface area contributed by atoms with Gasteiger partial charge in [-0.3, -0.25) is 0 Å². The highest BCUT2D eigenvalue weighted by Gasteiger charge is 2.15. The molecule has 0 aliphatic rings. The van der Waals surface area contributed by atoms with Crippen molar-refractivity contribution in [2.45, 2.75) is 26.3 Å². The average Bonchev–Trinajstić information content (AvgIpc) is 2.81. The van der Waals surface area contributed by atoms with E-state index in [1.165, 1.54) is 4.88 Å². The second kappa shape index (κ2) is 4.72. The van der Waals surface area contributed by atoms with Crippen LogP contribution in [0.3, 0.4) is 0 Å². The molecule has 3 nitrogen and oxygen atoms in total. The molecule has 0 aliphatic carbocycles. The van der Waals surface area contributed by atoms with E-state index in [9.17, 15) is 0 Å². The summed E-state index contributed by atoms with van der Waals surface area (Å²) in [5.74, 6) is 0. The first-order chi connectivity index (χ1) is 7.72. The number of thiophene rings is 1. The van der Waals surface area contributed by atoms with Gasteiger partial charge in [0.2, 0.25) is 0 Å². The Morgan fingerprint density at radius 1 is 1.44 bits per heavy atom. The zero-order valence-corrected chi connectivity index (χ0v) is 10.3. The third-order valence-electron chi connectivity index (χ3n) is 2.55. The minimum Gasteiger partial charge on any atom is -0.320 e. The number of aryl methyl sites for hydroxylation is 2. The first kappa shape index (κ1) is 11.2. The van der Waals surface area contributed by atoms with Gasteiger partial charge in [-0.05, 0) is 36.4 Å². The molecule has 1 atom stereocenters. The van der Waals surface area contributed by atoms with E-state index in [2.05, 4.69) is 23.2 Å². The molecule has 84 valence electrons. The second-order valence-electron chi connectivity index (χ2n) is 3.73. The highest BCUT2D eigenvalue weighted by Crippen LogP contribution is 2.25. The molecule has 2 heterocycles. The van der Waals surface area contributed by atoms with E-state index in [-0.39, 0.29) is 6.04 Å². The van der Waals surface area contributed by atoms with Crippen molar-refractivity contribution in [1.82, 2.24) is 10.2 Å². The van der Waals surface area contributed by atoms with Crippen molar-refractivity contribution in [1.29, 1.82) is 0 Å². The number of rotatable bonds is 3. The van der Waals surface area contributed by atoms with Gasteiger partial charge in [0, 0.05) is 4.88 Å². The monoisotopic (exact) mass is 233 g/mol. The zero-order valence-electron chi connectivity index (χ0n) is 9.47. The predicted molar refractivity (Wildman–Crippen MR) is 66.5 cm³/mol. The van der Waals surface area contributed by atoms with Crippen molar-refractivity contribution in [3.05, 3.63) is 45.4 Å². The maximum absolute atomic E-state index is 6.25. The van der Waals surface area contributed by atoms with Crippen molar-refractivity contribution in [3.63, 3.8) is 0 Å². The molecule has 0 fully saturated rings. The number of nitrogens with two attached hydrogens (primary N) is 1. The van der Waals surface area contributed by atoms with E-state index in [0.717, 1.165) is 23.4 Å². The SMILES string of the molecule is CCc1nnc(C)cc1C(N)c1cccs1. The van der Waals surface area contributed by atoms with Gasteiger partial charge >= 0.3 is 0 Å². The molecule has 0 saturated carbocycles. The summed E-state index contributed by atoms with van der Waals surface area (Å²) in [5.41, 5.74) is 9.25. The van der Waals surface area contributed by atoms with Gasteiger partial charge in [-0.1, -0.05) is 13.0 Å². The Morgan fingerprint density at radius 3 is 2.88 bits per heavy atom. The molecule has 2 N–H and O–H groups in total. The maximum atomic E-state index is 6.25. The van der Waals surface area contributed by atoms with Gasteiger partial charge in [-0.25, -0.2) is 0 Å². The summed E-state index contributed by atoms with van der Waals surface area (Å²) in [5, 5.41) is 10.3. The molecule has 0 amide bonds. The molecule has 2 rings (SSSR count). The molecule has 0 aromatic carbocycles. The second-order valence-corrected chi connectivity index (χ2v) is 4.71. The van der Waals surface area contributed by atoms with E-state index in [0.29, 0.717) is 0 Å². The Hall–Kier alpha value is -1.26. The third-order valence-corrected chi connectivity index (χ3v) is 3.50. The van der Waals surface area contributed by atoms with E-state index in [1.54, 1.807) is 11.3 Å². The Morgan fingerprint density at radius 2 is 2.25 bits per heavy atom. The topological polar surface area (TPSA) is 51.8 Å². The lowest BCUT2D eigenvalue weighted by molar-refractivity contribution is 0.799. The third kappa shape index (κ3) is 2.13. The molecule has 0 aliphatic heterocycles. The van der Waals surface area contributed by atoms with Gasteiger partial charge in [0.15, 0.2) is 0 Å². The molecule has 1 unspecified atom stereocenters. The van der Waals surface area contributed by atoms with E-state index in [1.807, 2.05) is 24.4 Å². The Bertz CT molecular complexity index is 465. The number of aromatic nitrogens is 2. The van der Waals surface area contributed by atoms with Crippen LogP contribution >= 0.6 is 11.3 Å². The molecule has 4 heteroatoms. The summed E-state index contributed by atoms with van der Waals surface area (Å²) < 4.78 is 0. The Labute approximate surface area is 99.3 Å². The Balaban J connectivity index is 2.42. The number of hydrogen-bond acceptors (Lipinski definition) is 4. The fourth-order valence-corrected chi connectivity index (χ4v) is 2.44. The molecule has 0 bridgehead atoms. The fraction of sp³-hybridized carbons (Fsp3) is 0.333. The van der Waals surface area contributed by atoms with Gasteiger partial charge in [0.25, 0.3) is 0 Å².